The molecule has 3 aromatic carbocycles. The van der Waals surface area contributed by atoms with E-state index in [0.29, 0.717) is 52.9 Å². The number of nitrogen functional groups attached to an aromatic ring is 1. The lowest BCUT2D eigenvalue weighted by Gasteiger charge is -2.36. The zero-order valence-electron chi connectivity index (χ0n) is 22.6. The number of rotatable bonds is 8. The molecule has 0 radical (unpaired) electrons. The van der Waals surface area contributed by atoms with Crippen LogP contribution < -0.4 is 29.6 Å². The van der Waals surface area contributed by atoms with Crippen molar-refractivity contribution in [2.75, 3.05) is 65.3 Å². The lowest BCUT2D eigenvalue weighted by molar-refractivity contribution is -0.125. The first kappa shape index (κ1) is 26.7. The first-order chi connectivity index (χ1) is 18.4. The predicted molar refractivity (Wildman–Crippen MR) is 151 cm³/mol. The Bertz CT molecular complexity index is 1290. The van der Waals surface area contributed by atoms with Crippen LogP contribution in [0.15, 0.2) is 54.6 Å². The van der Waals surface area contributed by atoms with E-state index < -0.39 is 0 Å². The summed E-state index contributed by atoms with van der Waals surface area (Å²) in [5.74, 6) is 1.90. The van der Waals surface area contributed by atoms with Crippen LogP contribution >= 0.6 is 0 Å². The predicted octanol–water partition coefficient (Wildman–Crippen LogP) is 4.50. The molecule has 1 saturated heterocycles. The maximum absolute atomic E-state index is 14.0. The Balaban J connectivity index is 1.69. The van der Waals surface area contributed by atoms with E-state index in [-0.39, 0.29) is 5.91 Å². The standard InChI is InChI=1S/C30H35N3O5/c1-20-6-9-23(10-7-20)32-12-14-33(15-13-32)30(34)24(16-21-8-11-26(35-2)25(31)17-21)22-18-27(36-3)29(38-5)28(19-22)37-4/h6-11,16-19H,12-15,31H2,1-5H3/b24-16+. The van der Waals surface area contributed by atoms with Gasteiger partial charge in [-0.05, 0) is 60.5 Å². The smallest absolute Gasteiger partial charge is 0.254 e. The van der Waals surface area contributed by atoms with Crippen molar-refractivity contribution < 1.29 is 23.7 Å². The molecule has 1 fully saturated rings. The van der Waals surface area contributed by atoms with Crippen LogP contribution in [0.5, 0.6) is 23.0 Å². The molecule has 0 spiro atoms. The number of carbonyl (C=O) groups is 1. The lowest BCUT2D eigenvalue weighted by Crippen LogP contribution is -2.49. The summed E-state index contributed by atoms with van der Waals surface area (Å²) in [7, 11) is 6.24. The minimum atomic E-state index is -0.0859. The number of anilines is 2. The van der Waals surface area contributed by atoms with Crippen molar-refractivity contribution in [1.29, 1.82) is 0 Å². The summed E-state index contributed by atoms with van der Waals surface area (Å²) < 4.78 is 21.9. The van der Waals surface area contributed by atoms with Gasteiger partial charge in [0.2, 0.25) is 5.75 Å². The minimum absolute atomic E-state index is 0.0859. The van der Waals surface area contributed by atoms with E-state index in [1.54, 1.807) is 52.7 Å². The number of aryl methyl sites for hydroxylation is 1. The summed E-state index contributed by atoms with van der Waals surface area (Å²) in [4.78, 5) is 18.2. The quantitative estimate of drug-likeness (QED) is 0.267. The molecule has 1 amide bonds. The van der Waals surface area contributed by atoms with Crippen molar-refractivity contribution in [3.63, 3.8) is 0 Å². The third-order valence-corrected chi connectivity index (χ3v) is 6.74. The molecule has 1 aliphatic heterocycles. The fourth-order valence-corrected chi connectivity index (χ4v) is 4.61. The van der Waals surface area contributed by atoms with Crippen LogP contribution in [-0.4, -0.2) is 65.4 Å². The van der Waals surface area contributed by atoms with E-state index in [1.807, 2.05) is 17.0 Å². The number of methoxy groups -OCH3 is 4. The zero-order valence-corrected chi connectivity index (χ0v) is 22.6. The maximum Gasteiger partial charge on any atom is 0.254 e. The van der Waals surface area contributed by atoms with Gasteiger partial charge in [0.05, 0.1) is 34.1 Å². The molecule has 0 aliphatic carbocycles. The van der Waals surface area contributed by atoms with Gasteiger partial charge in [0.15, 0.2) is 11.5 Å². The van der Waals surface area contributed by atoms with Gasteiger partial charge in [0.25, 0.3) is 5.91 Å². The van der Waals surface area contributed by atoms with Crippen molar-refractivity contribution in [2.45, 2.75) is 6.92 Å². The average molecular weight is 518 g/mol. The Hall–Kier alpha value is -4.33. The van der Waals surface area contributed by atoms with Crippen molar-refractivity contribution in [3.05, 3.63) is 71.3 Å². The van der Waals surface area contributed by atoms with E-state index in [0.717, 1.165) is 24.3 Å². The fourth-order valence-electron chi connectivity index (χ4n) is 4.61. The Labute approximate surface area is 224 Å². The number of amides is 1. The first-order valence-electron chi connectivity index (χ1n) is 12.4. The number of nitrogens with zero attached hydrogens (tertiary/aromatic N) is 2. The van der Waals surface area contributed by atoms with Crippen molar-refractivity contribution >= 4 is 28.9 Å². The molecular formula is C30H35N3O5. The van der Waals surface area contributed by atoms with Crippen LogP contribution in [-0.2, 0) is 4.79 Å². The molecule has 1 aliphatic rings. The summed E-state index contributed by atoms with van der Waals surface area (Å²) in [5.41, 5.74) is 11.0. The van der Waals surface area contributed by atoms with E-state index in [9.17, 15) is 4.79 Å². The van der Waals surface area contributed by atoms with Crippen LogP contribution in [0.3, 0.4) is 0 Å². The summed E-state index contributed by atoms with van der Waals surface area (Å²) in [6.45, 7) is 4.76. The highest BCUT2D eigenvalue weighted by Gasteiger charge is 2.26. The lowest BCUT2D eigenvalue weighted by atomic mass is 9.99. The third-order valence-electron chi connectivity index (χ3n) is 6.74. The maximum atomic E-state index is 14.0. The Morgan fingerprint density at radius 2 is 1.39 bits per heavy atom. The van der Waals surface area contributed by atoms with Gasteiger partial charge in [-0.1, -0.05) is 23.8 Å². The van der Waals surface area contributed by atoms with Crippen molar-refractivity contribution in [1.82, 2.24) is 4.90 Å². The number of nitrogens with two attached hydrogens (primary N) is 1. The molecule has 8 heteroatoms. The van der Waals surface area contributed by atoms with Gasteiger partial charge in [0.1, 0.15) is 5.75 Å². The number of hydrogen-bond donors (Lipinski definition) is 1. The Kier molecular flexibility index (Phi) is 8.31. The SMILES string of the molecule is COc1ccc(/C=C(/C(=O)N2CCN(c3ccc(C)cc3)CC2)c2cc(OC)c(OC)c(OC)c2)cc1N. The highest BCUT2D eigenvalue weighted by atomic mass is 16.5. The van der Waals surface area contributed by atoms with E-state index in [4.69, 9.17) is 24.7 Å². The number of benzene rings is 3. The summed E-state index contributed by atoms with van der Waals surface area (Å²) in [6, 6.07) is 17.5. The van der Waals surface area contributed by atoms with E-state index >= 15 is 0 Å². The number of hydrogen-bond acceptors (Lipinski definition) is 7. The summed E-state index contributed by atoms with van der Waals surface area (Å²) in [5, 5.41) is 0. The molecule has 0 saturated carbocycles. The molecular weight excluding hydrogens is 482 g/mol. The zero-order chi connectivity index (χ0) is 27.2. The monoisotopic (exact) mass is 517 g/mol. The normalized spacial score (nSPS) is 13.8. The largest absolute Gasteiger partial charge is 0.495 e. The van der Waals surface area contributed by atoms with Crippen LogP contribution in [0.1, 0.15) is 16.7 Å². The second-order valence-electron chi connectivity index (χ2n) is 9.09. The van der Waals surface area contributed by atoms with Crippen LogP contribution in [0.4, 0.5) is 11.4 Å². The number of piperazine rings is 1. The van der Waals surface area contributed by atoms with Crippen molar-refractivity contribution in [3.8, 4) is 23.0 Å². The van der Waals surface area contributed by atoms with Gasteiger partial charge in [-0.2, -0.15) is 0 Å². The molecule has 0 aromatic heterocycles. The van der Waals surface area contributed by atoms with Gasteiger partial charge >= 0.3 is 0 Å². The number of ether oxygens (including phenoxy) is 4. The van der Waals surface area contributed by atoms with Crippen LogP contribution in [0, 0.1) is 6.92 Å². The molecule has 1 heterocycles. The molecule has 0 unspecified atom stereocenters. The fraction of sp³-hybridized carbons (Fsp3) is 0.300. The Morgan fingerprint density at radius 1 is 0.789 bits per heavy atom. The van der Waals surface area contributed by atoms with Gasteiger partial charge in [-0.15, -0.1) is 0 Å². The highest BCUT2D eigenvalue weighted by molar-refractivity contribution is 6.24. The van der Waals surface area contributed by atoms with Gasteiger partial charge < -0.3 is 34.5 Å². The van der Waals surface area contributed by atoms with E-state index in [2.05, 4.69) is 36.1 Å². The molecule has 200 valence electrons. The molecule has 2 N–H and O–H groups in total. The van der Waals surface area contributed by atoms with E-state index in [1.165, 1.54) is 5.56 Å². The second-order valence-corrected chi connectivity index (χ2v) is 9.09. The molecule has 0 bridgehead atoms. The second kappa shape index (κ2) is 11.8. The third kappa shape index (κ3) is 5.64. The average Bonchev–Trinajstić information content (AvgIpc) is 2.95. The van der Waals surface area contributed by atoms with Gasteiger partial charge in [-0.25, -0.2) is 0 Å². The Morgan fingerprint density at radius 3 is 1.92 bits per heavy atom. The summed E-state index contributed by atoms with van der Waals surface area (Å²) >= 11 is 0. The van der Waals surface area contributed by atoms with Gasteiger partial charge in [0, 0.05) is 37.4 Å². The van der Waals surface area contributed by atoms with Crippen LogP contribution in [0.2, 0.25) is 0 Å². The van der Waals surface area contributed by atoms with Gasteiger partial charge in [-0.3, -0.25) is 4.79 Å². The molecule has 8 nitrogen and oxygen atoms in total. The number of carbonyl (C=O) groups excluding carboxylic acids is 1. The molecule has 38 heavy (non-hydrogen) atoms. The van der Waals surface area contributed by atoms with Crippen LogP contribution in [0.25, 0.3) is 11.6 Å². The summed E-state index contributed by atoms with van der Waals surface area (Å²) in [6.07, 6.45) is 1.84. The molecule has 0 atom stereocenters. The van der Waals surface area contributed by atoms with Crippen molar-refractivity contribution in [2.24, 2.45) is 0 Å². The molecule has 3 aromatic rings. The first-order valence-corrected chi connectivity index (χ1v) is 12.4. The highest BCUT2D eigenvalue weighted by Crippen LogP contribution is 2.41. The minimum Gasteiger partial charge on any atom is -0.495 e. The topological polar surface area (TPSA) is 86.5 Å². The molecule has 4 rings (SSSR count).